The Morgan fingerprint density at radius 3 is 1.19 bits per heavy atom. The molecule has 2 N–H and O–H groups in total. The summed E-state index contributed by atoms with van der Waals surface area (Å²) < 4.78 is 23.3. The maximum atomic E-state index is 13.0. The molecule has 0 saturated carbocycles. The molecule has 8 nitrogen and oxygen atoms in total. The van der Waals surface area contributed by atoms with Gasteiger partial charge in [-0.25, -0.2) is 0 Å². The Kier molecular flexibility index (Phi) is 49.3. The second-order valence-corrected chi connectivity index (χ2v) is 22.4. The van der Waals surface area contributed by atoms with Gasteiger partial charge in [0.15, 0.2) is 0 Å². The third-order valence-electron chi connectivity index (χ3n) is 13.0. The third kappa shape index (κ3) is 52.3. The number of quaternary nitrogens is 1. The highest BCUT2D eigenvalue weighted by Crippen LogP contribution is 2.38. The summed E-state index contributed by atoms with van der Waals surface area (Å²) in [6.07, 6.45) is 66.2. The number of nitrogens with zero attached hydrogens (tertiary/aromatic N) is 1. The van der Waals surface area contributed by atoms with Crippen LogP contribution in [0.15, 0.2) is 48.6 Å². The molecule has 0 heterocycles. The van der Waals surface area contributed by atoms with Crippen LogP contribution in [0.5, 0.6) is 0 Å². The molecule has 3 atom stereocenters. The minimum Gasteiger partial charge on any atom is -0.756 e. The van der Waals surface area contributed by atoms with Crippen LogP contribution in [0.2, 0.25) is 0 Å². The lowest BCUT2D eigenvalue weighted by Gasteiger charge is -2.29. The normalized spacial score (nSPS) is 14.3. The monoisotopic (exact) mass is 977 g/mol. The summed E-state index contributed by atoms with van der Waals surface area (Å²) in [4.78, 5) is 25.5. The molecule has 0 rings (SSSR count). The van der Waals surface area contributed by atoms with Crippen molar-refractivity contribution in [3.8, 4) is 0 Å². The van der Waals surface area contributed by atoms with Crippen LogP contribution in [0.4, 0.5) is 0 Å². The molecule has 400 valence electrons. The molecule has 0 aromatic carbocycles. The Bertz CT molecular complexity index is 1250. The van der Waals surface area contributed by atoms with E-state index in [0.29, 0.717) is 17.4 Å². The highest BCUT2D eigenvalue weighted by Gasteiger charge is 2.23. The molecular formula is C59H113N2O6P. The van der Waals surface area contributed by atoms with Crippen LogP contribution in [0.1, 0.15) is 271 Å². The molecule has 0 spiro atoms. The maximum absolute atomic E-state index is 13.0. The zero-order chi connectivity index (χ0) is 49.9. The first-order valence-corrected chi connectivity index (χ1v) is 30.5. The number of carbonyl (C=O) groups is 1. The zero-order valence-corrected chi connectivity index (χ0v) is 46.5. The molecule has 0 aromatic rings. The van der Waals surface area contributed by atoms with Crippen molar-refractivity contribution >= 4 is 13.7 Å². The third-order valence-corrected chi connectivity index (χ3v) is 14.0. The lowest BCUT2D eigenvalue weighted by molar-refractivity contribution is -0.870. The van der Waals surface area contributed by atoms with E-state index in [9.17, 15) is 19.4 Å². The summed E-state index contributed by atoms with van der Waals surface area (Å²) in [7, 11) is 1.24. The molecule has 1 amide bonds. The number of rotatable bonds is 53. The number of phosphoric ester groups is 1. The van der Waals surface area contributed by atoms with Crippen molar-refractivity contribution in [3.05, 3.63) is 48.6 Å². The topological polar surface area (TPSA) is 108 Å². The van der Waals surface area contributed by atoms with Gasteiger partial charge in [-0.1, -0.05) is 242 Å². The first-order valence-electron chi connectivity index (χ1n) is 29.0. The average molecular weight is 978 g/mol. The van der Waals surface area contributed by atoms with Gasteiger partial charge in [0.25, 0.3) is 7.82 Å². The standard InChI is InChI=1S/C59H113N2O6P/c1-6-8-10-12-14-16-18-20-22-24-26-28-29-30-31-33-35-37-39-41-43-45-47-49-51-53-59(63)60-57(56-67-68(64,65)66-55-54-61(3,4)5)58(62)52-50-48-46-44-42-40-38-36-34-32-27-25-23-21-19-17-15-13-11-9-7-2/h24,26,34,36,42,44,50,52,57-58,62H,6-23,25,27-33,35,37-41,43,45-49,51,53-56H2,1-5H3,(H-,60,63,64,65)/b26-24-,36-34+,44-42+,52-50+. The second kappa shape index (κ2) is 50.4. The summed E-state index contributed by atoms with van der Waals surface area (Å²) in [5.74, 6) is -0.209. The molecule has 0 fully saturated rings. The number of hydrogen-bond acceptors (Lipinski definition) is 6. The van der Waals surface area contributed by atoms with Gasteiger partial charge in [0.1, 0.15) is 13.2 Å². The number of aliphatic hydroxyl groups excluding tert-OH is 1. The van der Waals surface area contributed by atoms with Gasteiger partial charge in [0, 0.05) is 6.42 Å². The van der Waals surface area contributed by atoms with Gasteiger partial charge in [-0.15, -0.1) is 0 Å². The van der Waals surface area contributed by atoms with E-state index in [-0.39, 0.29) is 12.5 Å². The van der Waals surface area contributed by atoms with E-state index in [1.807, 2.05) is 27.2 Å². The van der Waals surface area contributed by atoms with Crippen molar-refractivity contribution in [2.24, 2.45) is 0 Å². The van der Waals surface area contributed by atoms with E-state index in [2.05, 4.69) is 55.6 Å². The van der Waals surface area contributed by atoms with Gasteiger partial charge in [-0.2, -0.15) is 0 Å². The molecule has 0 saturated heterocycles. The molecule has 0 aliphatic carbocycles. The first-order chi connectivity index (χ1) is 33.0. The van der Waals surface area contributed by atoms with Gasteiger partial charge < -0.3 is 28.8 Å². The highest BCUT2D eigenvalue weighted by molar-refractivity contribution is 7.45. The van der Waals surface area contributed by atoms with E-state index in [0.717, 1.165) is 44.9 Å². The Morgan fingerprint density at radius 2 is 0.824 bits per heavy atom. The van der Waals surface area contributed by atoms with Crippen LogP contribution >= 0.6 is 7.82 Å². The summed E-state index contributed by atoms with van der Waals surface area (Å²) >= 11 is 0. The summed E-state index contributed by atoms with van der Waals surface area (Å²) in [6.45, 7) is 4.64. The fraction of sp³-hybridized carbons (Fsp3) is 0.847. The fourth-order valence-corrected chi connectivity index (χ4v) is 9.14. The first kappa shape index (κ1) is 66.5. The number of carbonyl (C=O) groups excluding carboxylic acids is 1. The number of unbranched alkanes of at least 4 members (excludes halogenated alkanes) is 34. The molecule has 0 aliphatic rings. The van der Waals surface area contributed by atoms with E-state index < -0.39 is 26.6 Å². The summed E-state index contributed by atoms with van der Waals surface area (Å²) in [5, 5.41) is 13.9. The van der Waals surface area contributed by atoms with E-state index in [1.165, 1.54) is 205 Å². The van der Waals surface area contributed by atoms with Crippen LogP contribution in [0.25, 0.3) is 0 Å². The second-order valence-electron chi connectivity index (χ2n) is 21.0. The van der Waals surface area contributed by atoms with E-state index in [1.54, 1.807) is 6.08 Å². The molecule has 3 unspecified atom stereocenters. The van der Waals surface area contributed by atoms with E-state index in [4.69, 9.17) is 9.05 Å². The van der Waals surface area contributed by atoms with Crippen molar-refractivity contribution in [1.82, 2.24) is 5.32 Å². The summed E-state index contributed by atoms with van der Waals surface area (Å²) in [6, 6.07) is -0.910. The number of phosphoric acid groups is 1. The summed E-state index contributed by atoms with van der Waals surface area (Å²) in [5.41, 5.74) is 0. The molecule has 68 heavy (non-hydrogen) atoms. The van der Waals surface area contributed by atoms with Gasteiger partial charge >= 0.3 is 0 Å². The number of allylic oxidation sites excluding steroid dienone is 7. The minimum atomic E-state index is -4.61. The van der Waals surface area contributed by atoms with Crippen LogP contribution in [-0.2, 0) is 18.4 Å². The predicted molar refractivity (Wildman–Crippen MR) is 293 cm³/mol. The smallest absolute Gasteiger partial charge is 0.268 e. The zero-order valence-electron chi connectivity index (χ0n) is 45.6. The molecule has 0 bridgehead atoms. The lowest BCUT2D eigenvalue weighted by atomic mass is 10.0. The highest BCUT2D eigenvalue weighted by atomic mass is 31.2. The van der Waals surface area contributed by atoms with Gasteiger partial charge in [0.2, 0.25) is 5.91 Å². The molecule has 0 aromatic heterocycles. The van der Waals surface area contributed by atoms with Crippen molar-refractivity contribution in [3.63, 3.8) is 0 Å². The Balaban J connectivity index is 4.26. The van der Waals surface area contributed by atoms with Crippen molar-refractivity contribution < 1.29 is 32.9 Å². The fourth-order valence-electron chi connectivity index (χ4n) is 8.42. The SMILES string of the molecule is CCCCCCCCCC/C=C\CCCCCCCCCCCCCCCC(=O)NC(COP(=O)([O-])OCC[N+](C)(C)C)C(O)/C=C/CC/C=C/CC/C=C/CCCCCCCCCCCCC. The van der Waals surface area contributed by atoms with Gasteiger partial charge in [-0.3, -0.25) is 9.36 Å². The largest absolute Gasteiger partial charge is 0.756 e. The number of amides is 1. The Hall–Kier alpha value is -1.54. The number of likely N-dealkylation sites (N-methyl/N-ethyl adjacent to an activating group) is 1. The van der Waals surface area contributed by atoms with Gasteiger partial charge in [-0.05, 0) is 70.6 Å². The maximum Gasteiger partial charge on any atom is 0.268 e. The number of hydrogen-bond donors (Lipinski definition) is 2. The number of nitrogens with one attached hydrogen (secondary N) is 1. The van der Waals surface area contributed by atoms with Crippen LogP contribution in [0, 0.1) is 0 Å². The van der Waals surface area contributed by atoms with Gasteiger partial charge in [0.05, 0.1) is 39.9 Å². The number of aliphatic hydroxyl groups is 1. The van der Waals surface area contributed by atoms with Crippen molar-refractivity contribution in [2.75, 3.05) is 40.9 Å². The van der Waals surface area contributed by atoms with Crippen LogP contribution in [-0.4, -0.2) is 68.5 Å². The molecule has 0 aliphatic heterocycles. The molecule has 9 heteroatoms. The van der Waals surface area contributed by atoms with Crippen molar-refractivity contribution in [1.29, 1.82) is 0 Å². The van der Waals surface area contributed by atoms with Crippen LogP contribution in [0.3, 0.4) is 0 Å². The minimum absolute atomic E-state index is 0.00902. The predicted octanol–water partition coefficient (Wildman–Crippen LogP) is 16.9. The van der Waals surface area contributed by atoms with Crippen LogP contribution < -0.4 is 10.2 Å². The quantitative estimate of drug-likeness (QED) is 0.0272. The molecular weight excluding hydrogens is 864 g/mol. The Morgan fingerprint density at radius 1 is 0.500 bits per heavy atom. The van der Waals surface area contributed by atoms with E-state index >= 15 is 0 Å². The average Bonchev–Trinajstić information content (AvgIpc) is 3.30. The molecule has 0 radical (unpaired) electrons. The van der Waals surface area contributed by atoms with Crippen molar-refractivity contribution in [2.45, 2.75) is 283 Å². The lowest BCUT2D eigenvalue weighted by Crippen LogP contribution is -2.45. The Labute approximate surface area is 422 Å².